The standard InChI is InChI=1S/C20H30N2O/c1-7-14(5)21-16-11-17-15(8-2)13-20(6,9-3)22-19(17)18(12-16)23-10-4/h11-14H,7-10H2,1-6H3. The number of aliphatic imine (C=N–C) groups is 2. The molecule has 0 spiro atoms. The van der Waals surface area contributed by atoms with E-state index in [4.69, 9.17) is 14.7 Å². The van der Waals surface area contributed by atoms with Crippen LogP contribution in [0, 0.1) is 0 Å². The minimum atomic E-state index is -0.139. The number of dihydropyridines is 1. The fraction of sp³-hybridized carbons (Fsp3) is 0.600. The molecule has 3 nitrogen and oxygen atoms in total. The van der Waals surface area contributed by atoms with Crippen molar-refractivity contribution >= 4 is 11.4 Å². The molecule has 0 bridgehead atoms. The van der Waals surface area contributed by atoms with Gasteiger partial charge in [0.25, 0.3) is 0 Å². The van der Waals surface area contributed by atoms with Crippen molar-refractivity contribution in [3.63, 3.8) is 0 Å². The average molecular weight is 314 g/mol. The van der Waals surface area contributed by atoms with Crippen LogP contribution in [0.1, 0.15) is 60.8 Å². The number of nitrogens with zero attached hydrogens (tertiary/aromatic N) is 2. The lowest BCUT2D eigenvalue weighted by Gasteiger charge is -2.32. The summed E-state index contributed by atoms with van der Waals surface area (Å²) in [6, 6.07) is 0.318. The Morgan fingerprint density at radius 2 is 1.96 bits per heavy atom. The molecule has 0 amide bonds. The third-order valence-corrected chi connectivity index (χ3v) is 4.61. The van der Waals surface area contributed by atoms with Crippen LogP contribution in [0.15, 0.2) is 45.1 Å². The lowest BCUT2D eigenvalue weighted by atomic mass is 9.83. The van der Waals surface area contributed by atoms with Crippen molar-refractivity contribution in [1.29, 1.82) is 0 Å². The van der Waals surface area contributed by atoms with Gasteiger partial charge in [-0.15, -0.1) is 0 Å². The second kappa shape index (κ2) is 7.29. The molecule has 2 unspecified atom stereocenters. The zero-order valence-electron chi connectivity index (χ0n) is 15.4. The van der Waals surface area contributed by atoms with Gasteiger partial charge in [-0.05, 0) is 51.7 Å². The zero-order valence-corrected chi connectivity index (χ0v) is 15.4. The summed E-state index contributed by atoms with van der Waals surface area (Å²) in [6.45, 7) is 13.6. The van der Waals surface area contributed by atoms with Crippen LogP contribution >= 0.6 is 0 Å². The van der Waals surface area contributed by atoms with E-state index < -0.39 is 0 Å². The maximum Gasteiger partial charge on any atom is 0.147 e. The zero-order chi connectivity index (χ0) is 17.0. The molecule has 0 radical (unpaired) electrons. The summed E-state index contributed by atoms with van der Waals surface area (Å²) in [5.41, 5.74) is 4.39. The van der Waals surface area contributed by atoms with Gasteiger partial charge in [0.05, 0.1) is 17.9 Å². The Morgan fingerprint density at radius 1 is 1.22 bits per heavy atom. The predicted molar refractivity (Wildman–Crippen MR) is 99.5 cm³/mol. The van der Waals surface area contributed by atoms with Gasteiger partial charge >= 0.3 is 0 Å². The average Bonchev–Trinajstić information content (AvgIpc) is 2.55. The highest BCUT2D eigenvalue weighted by Crippen LogP contribution is 2.35. The molecule has 0 saturated carbocycles. The highest BCUT2D eigenvalue weighted by Gasteiger charge is 2.31. The number of allylic oxidation sites excluding steroid dienone is 4. The van der Waals surface area contributed by atoms with Gasteiger partial charge in [-0.3, -0.25) is 9.98 Å². The van der Waals surface area contributed by atoms with Crippen molar-refractivity contribution in [2.24, 2.45) is 9.98 Å². The maximum absolute atomic E-state index is 5.91. The van der Waals surface area contributed by atoms with Gasteiger partial charge in [0, 0.05) is 17.7 Å². The SMILES string of the molecule is CCOC1=CC(=NC(C)CC)C=C2C(CC)=CC(C)(CC)N=C12. The van der Waals surface area contributed by atoms with Crippen LogP contribution in [0.5, 0.6) is 0 Å². The van der Waals surface area contributed by atoms with Gasteiger partial charge in [-0.1, -0.05) is 26.8 Å². The third-order valence-electron chi connectivity index (χ3n) is 4.61. The van der Waals surface area contributed by atoms with Crippen molar-refractivity contribution < 1.29 is 4.74 Å². The van der Waals surface area contributed by atoms with Crippen LogP contribution in [-0.2, 0) is 4.74 Å². The Bertz CT molecular complexity index is 607. The molecule has 2 rings (SSSR count). The smallest absolute Gasteiger partial charge is 0.147 e. The maximum atomic E-state index is 5.91. The van der Waals surface area contributed by atoms with Gasteiger partial charge < -0.3 is 4.74 Å². The third kappa shape index (κ3) is 3.82. The van der Waals surface area contributed by atoms with Gasteiger partial charge in [-0.2, -0.15) is 0 Å². The van der Waals surface area contributed by atoms with Gasteiger partial charge in [-0.25, -0.2) is 0 Å². The molecular formula is C20H30N2O. The summed E-state index contributed by atoms with van der Waals surface area (Å²) in [5, 5.41) is 0. The van der Waals surface area contributed by atoms with Crippen molar-refractivity contribution in [1.82, 2.24) is 0 Å². The first-order chi connectivity index (χ1) is 11.0. The highest BCUT2D eigenvalue weighted by molar-refractivity contribution is 6.25. The fourth-order valence-corrected chi connectivity index (χ4v) is 2.85. The molecule has 0 fully saturated rings. The van der Waals surface area contributed by atoms with E-state index in [0.717, 1.165) is 36.4 Å². The van der Waals surface area contributed by atoms with E-state index in [2.05, 4.69) is 46.8 Å². The van der Waals surface area contributed by atoms with E-state index in [0.29, 0.717) is 12.6 Å². The molecule has 23 heavy (non-hydrogen) atoms. The molecule has 126 valence electrons. The molecule has 2 aliphatic rings. The lowest BCUT2D eigenvalue weighted by molar-refractivity contribution is 0.249. The number of hydrogen-bond acceptors (Lipinski definition) is 3. The molecule has 2 atom stereocenters. The number of hydrogen-bond donors (Lipinski definition) is 0. The fourth-order valence-electron chi connectivity index (χ4n) is 2.85. The summed E-state index contributed by atoms with van der Waals surface area (Å²) in [4.78, 5) is 9.81. The topological polar surface area (TPSA) is 34.0 Å². The van der Waals surface area contributed by atoms with Crippen LogP contribution < -0.4 is 0 Å². The Balaban J connectivity index is 2.54. The van der Waals surface area contributed by atoms with Crippen molar-refractivity contribution in [2.45, 2.75) is 72.4 Å². The molecule has 0 aromatic carbocycles. The Hall–Kier alpha value is -1.64. The molecule has 0 N–H and O–H groups in total. The van der Waals surface area contributed by atoms with E-state index >= 15 is 0 Å². The van der Waals surface area contributed by atoms with E-state index in [9.17, 15) is 0 Å². The molecule has 3 heteroatoms. The van der Waals surface area contributed by atoms with Crippen molar-refractivity contribution in [3.8, 4) is 0 Å². The van der Waals surface area contributed by atoms with E-state index in [-0.39, 0.29) is 5.54 Å². The lowest BCUT2D eigenvalue weighted by Crippen LogP contribution is -2.30. The van der Waals surface area contributed by atoms with Crippen molar-refractivity contribution in [2.75, 3.05) is 6.61 Å². The summed E-state index contributed by atoms with van der Waals surface area (Å²) >= 11 is 0. The largest absolute Gasteiger partial charge is 0.492 e. The monoisotopic (exact) mass is 314 g/mol. The first-order valence-electron chi connectivity index (χ1n) is 8.93. The molecule has 1 aliphatic carbocycles. The van der Waals surface area contributed by atoms with Gasteiger partial charge in [0.2, 0.25) is 0 Å². The van der Waals surface area contributed by atoms with E-state index in [1.54, 1.807) is 0 Å². The number of fused-ring (bicyclic) bond motifs is 1. The first kappa shape index (κ1) is 17.7. The normalized spacial score (nSPS) is 26.8. The minimum absolute atomic E-state index is 0.139. The second-order valence-corrected chi connectivity index (χ2v) is 6.51. The minimum Gasteiger partial charge on any atom is -0.492 e. The molecule has 1 heterocycles. The molecule has 0 aromatic rings. The van der Waals surface area contributed by atoms with Crippen LogP contribution in [0.4, 0.5) is 0 Å². The molecule has 0 saturated heterocycles. The Morgan fingerprint density at radius 3 is 2.52 bits per heavy atom. The van der Waals surface area contributed by atoms with E-state index in [1.807, 2.05) is 13.0 Å². The van der Waals surface area contributed by atoms with Crippen LogP contribution in [0.3, 0.4) is 0 Å². The van der Waals surface area contributed by atoms with E-state index in [1.165, 1.54) is 11.1 Å². The molecular weight excluding hydrogens is 284 g/mol. The van der Waals surface area contributed by atoms with Crippen LogP contribution in [0.25, 0.3) is 0 Å². The van der Waals surface area contributed by atoms with Gasteiger partial charge in [0.1, 0.15) is 11.5 Å². The number of rotatable bonds is 6. The molecule has 1 aliphatic heterocycles. The van der Waals surface area contributed by atoms with Crippen molar-refractivity contribution in [3.05, 3.63) is 35.1 Å². The summed E-state index contributed by atoms with van der Waals surface area (Å²) in [7, 11) is 0. The Kier molecular flexibility index (Phi) is 5.61. The number of ether oxygens (including phenoxy) is 1. The molecule has 0 aromatic heterocycles. The summed E-state index contributed by atoms with van der Waals surface area (Å²) in [5.74, 6) is 0.866. The predicted octanol–water partition coefficient (Wildman–Crippen LogP) is 5.05. The summed E-state index contributed by atoms with van der Waals surface area (Å²) in [6.07, 6.45) is 9.57. The Labute approximate surface area is 140 Å². The quantitative estimate of drug-likeness (QED) is 0.632. The highest BCUT2D eigenvalue weighted by atomic mass is 16.5. The first-order valence-corrected chi connectivity index (χ1v) is 8.93. The van der Waals surface area contributed by atoms with Crippen LogP contribution in [0.2, 0.25) is 0 Å². The summed E-state index contributed by atoms with van der Waals surface area (Å²) < 4.78 is 5.91. The van der Waals surface area contributed by atoms with Crippen LogP contribution in [-0.4, -0.2) is 29.6 Å². The van der Waals surface area contributed by atoms with Gasteiger partial charge in [0.15, 0.2) is 0 Å². The second-order valence-electron chi connectivity index (χ2n) is 6.51.